The van der Waals surface area contributed by atoms with Crippen molar-refractivity contribution in [2.45, 2.75) is 26.3 Å². The molecule has 1 aromatic rings. The Bertz CT molecular complexity index is 221. The zero-order valence-electron chi connectivity index (χ0n) is 6.88. The third-order valence-electron chi connectivity index (χ3n) is 1.74. The zero-order valence-corrected chi connectivity index (χ0v) is 6.88. The lowest BCUT2D eigenvalue weighted by atomic mass is 10.1. The molecule has 60 valence electrons. The minimum Gasteiger partial charge on any atom is -0.326 e. The first-order valence-corrected chi connectivity index (χ1v) is 4.00. The molecule has 0 bridgehead atoms. The van der Waals surface area contributed by atoms with Crippen LogP contribution in [0.5, 0.6) is 0 Å². The first-order valence-electron chi connectivity index (χ1n) is 4.00. The van der Waals surface area contributed by atoms with Crippen molar-refractivity contribution in [1.29, 1.82) is 0 Å². The molecule has 2 N–H and O–H groups in total. The van der Waals surface area contributed by atoms with Crippen molar-refractivity contribution in [1.82, 2.24) is 4.98 Å². The van der Waals surface area contributed by atoms with Gasteiger partial charge in [0.2, 0.25) is 0 Å². The van der Waals surface area contributed by atoms with Gasteiger partial charge in [-0.25, -0.2) is 0 Å². The summed E-state index contributed by atoms with van der Waals surface area (Å²) in [6.45, 7) is 2.77. The molecule has 2 nitrogen and oxygen atoms in total. The van der Waals surface area contributed by atoms with Crippen LogP contribution in [0.25, 0.3) is 0 Å². The fraction of sp³-hybridized carbons (Fsp3) is 0.444. The number of nitrogens with zero attached hydrogens (tertiary/aromatic N) is 1. The number of rotatable bonds is 3. The summed E-state index contributed by atoms with van der Waals surface area (Å²) < 4.78 is 0. The van der Waals surface area contributed by atoms with Crippen molar-refractivity contribution >= 4 is 0 Å². The monoisotopic (exact) mass is 150 g/mol. The van der Waals surface area contributed by atoms with Gasteiger partial charge >= 0.3 is 0 Å². The average Bonchev–Trinajstić information content (AvgIpc) is 2.06. The van der Waals surface area contributed by atoms with Gasteiger partial charge in [-0.2, -0.15) is 0 Å². The van der Waals surface area contributed by atoms with E-state index >= 15 is 0 Å². The van der Waals surface area contributed by atoms with Crippen molar-refractivity contribution in [3.8, 4) is 0 Å². The van der Waals surface area contributed by atoms with E-state index in [0.29, 0.717) is 6.54 Å². The van der Waals surface area contributed by atoms with E-state index in [4.69, 9.17) is 5.73 Å². The fourth-order valence-corrected chi connectivity index (χ4v) is 1.15. The van der Waals surface area contributed by atoms with E-state index in [1.807, 2.05) is 18.5 Å². The van der Waals surface area contributed by atoms with Crippen LogP contribution < -0.4 is 5.73 Å². The van der Waals surface area contributed by atoms with E-state index in [-0.39, 0.29) is 0 Å². The fourth-order valence-electron chi connectivity index (χ4n) is 1.15. The highest BCUT2D eigenvalue weighted by Crippen LogP contribution is 2.07. The Kier molecular flexibility index (Phi) is 3.05. The first-order chi connectivity index (χ1) is 5.38. The number of aromatic nitrogens is 1. The molecule has 0 atom stereocenters. The van der Waals surface area contributed by atoms with E-state index in [1.165, 1.54) is 11.1 Å². The van der Waals surface area contributed by atoms with Crippen LogP contribution >= 0.6 is 0 Å². The largest absolute Gasteiger partial charge is 0.326 e. The van der Waals surface area contributed by atoms with E-state index in [9.17, 15) is 0 Å². The molecule has 0 saturated carbocycles. The maximum Gasteiger partial charge on any atom is 0.0315 e. The minimum absolute atomic E-state index is 0.600. The number of hydrogen-bond acceptors (Lipinski definition) is 2. The van der Waals surface area contributed by atoms with Gasteiger partial charge in [0.15, 0.2) is 0 Å². The van der Waals surface area contributed by atoms with Crippen LogP contribution in [-0.2, 0) is 13.0 Å². The maximum atomic E-state index is 5.54. The van der Waals surface area contributed by atoms with Crippen molar-refractivity contribution in [3.63, 3.8) is 0 Å². The smallest absolute Gasteiger partial charge is 0.0315 e. The Morgan fingerprint density at radius 1 is 1.45 bits per heavy atom. The molecule has 0 radical (unpaired) electrons. The number of pyridine rings is 1. The van der Waals surface area contributed by atoms with Gasteiger partial charge in [-0.1, -0.05) is 13.3 Å². The van der Waals surface area contributed by atoms with Gasteiger partial charge in [0, 0.05) is 18.9 Å². The van der Waals surface area contributed by atoms with Crippen molar-refractivity contribution in [3.05, 3.63) is 29.6 Å². The second kappa shape index (κ2) is 4.09. The number of nitrogens with two attached hydrogens (primary N) is 1. The first kappa shape index (κ1) is 8.21. The third kappa shape index (κ3) is 2.02. The van der Waals surface area contributed by atoms with Gasteiger partial charge < -0.3 is 5.73 Å². The summed E-state index contributed by atoms with van der Waals surface area (Å²) in [7, 11) is 0. The Morgan fingerprint density at radius 3 is 2.91 bits per heavy atom. The van der Waals surface area contributed by atoms with E-state index in [1.54, 1.807) is 0 Å². The Morgan fingerprint density at radius 2 is 2.27 bits per heavy atom. The van der Waals surface area contributed by atoms with Crippen LogP contribution in [0.15, 0.2) is 18.5 Å². The molecule has 1 heterocycles. The number of hydrogen-bond donors (Lipinski definition) is 1. The second-order valence-electron chi connectivity index (χ2n) is 2.60. The van der Waals surface area contributed by atoms with Crippen LogP contribution in [0.2, 0.25) is 0 Å². The molecule has 0 saturated heterocycles. The molecule has 0 aliphatic carbocycles. The molecule has 1 aromatic heterocycles. The minimum atomic E-state index is 0.600. The Hall–Kier alpha value is -0.890. The van der Waals surface area contributed by atoms with Gasteiger partial charge in [0.05, 0.1) is 0 Å². The molecule has 0 amide bonds. The quantitative estimate of drug-likeness (QED) is 0.709. The topological polar surface area (TPSA) is 38.9 Å². The summed E-state index contributed by atoms with van der Waals surface area (Å²) in [6, 6.07) is 2.05. The molecule has 11 heavy (non-hydrogen) atoms. The molecule has 0 aliphatic heterocycles. The van der Waals surface area contributed by atoms with Crippen molar-refractivity contribution in [2.75, 3.05) is 0 Å². The SMILES string of the molecule is CCCc1ccncc1CN. The lowest BCUT2D eigenvalue weighted by Crippen LogP contribution is -2.01. The van der Waals surface area contributed by atoms with Gasteiger partial charge in [-0.15, -0.1) is 0 Å². The average molecular weight is 150 g/mol. The van der Waals surface area contributed by atoms with Crippen LogP contribution in [-0.4, -0.2) is 4.98 Å². The Balaban J connectivity index is 2.83. The van der Waals surface area contributed by atoms with Gasteiger partial charge in [0.1, 0.15) is 0 Å². The molecular formula is C9H14N2. The molecule has 0 aromatic carbocycles. The van der Waals surface area contributed by atoms with Crippen LogP contribution in [0.3, 0.4) is 0 Å². The molecule has 1 rings (SSSR count). The van der Waals surface area contributed by atoms with Crippen LogP contribution in [0, 0.1) is 0 Å². The second-order valence-corrected chi connectivity index (χ2v) is 2.60. The highest BCUT2D eigenvalue weighted by atomic mass is 14.6. The predicted molar refractivity (Wildman–Crippen MR) is 46.1 cm³/mol. The van der Waals surface area contributed by atoms with Crippen LogP contribution in [0.4, 0.5) is 0 Å². The summed E-state index contributed by atoms with van der Waals surface area (Å²) in [5.41, 5.74) is 8.05. The van der Waals surface area contributed by atoms with Crippen molar-refractivity contribution < 1.29 is 0 Å². The molecule has 0 spiro atoms. The zero-order chi connectivity index (χ0) is 8.10. The standard InChI is InChI=1S/C9H14N2/c1-2-3-8-4-5-11-7-9(8)6-10/h4-5,7H,2-3,6,10H2,1H3. The third-order valence-corrected chi connectivity index (χ3v) is 1.74. The normalized spacial score (nSPS) is 10.0. The van der Waals surface area contributed by atoms with E-state index in [2.05, 4.69) is 11.9 Å². The molecule has 0 aliphatic rings. The summed E-state index contributed by atoms with van der Waals surface area (Å²) in [5.74, 6) is 0. The Labute approximate surface area is 67.5 Å². The van der Waals surface area contributed by atoms with E-state index in [0.717, 1.165) is 12.8 Å². The van der Waals surface area contributed by atoms with Gasteiger partial charge in [0.25, 0.3) is 0 Å². The molecule has 2 heteroatoms. The molecular weight excluding hydrogens is 136 g/mol. The van der Waals surface area contributed by atoms with Gasteiger partial charge in [-0.3, -0.25) is 4.98 Å². The van der Waals surface area contributed by atoms with E-state index < -0.39 is 0 Å². The molecule has 0 fully saturated rings. The van der Waals surface area contributed by atoms with Crippen LogP contribution in [0.1, 0.15) is 24.5 Å². The predicted octanol–water partition coefficient (Wildman–Crippen LogP) is 1.49. The summed E-state index contributed by atoms with van der Waals surface area (Å²) in [5, 5.41) is 0. The lowest BCUT2D eigenvalue weighted by molar-refractivity contribution is 0.885. The maximum absolute atomic E-state index is 5.54. The summed E-state index contributed by atoms with van der Waals surface area (Å²) >= 11 is 0. The molecule has 0 unspecified atom stereocenters. The number of aryl methyl sites for hydroxylation is 1. The lowest BCUT2D eigenvalue weighted by Gasteiger charge is -2.03. The highest BCUT2D eigenvalue weighted by Gasteiger charge is 1.97. The summed E-state index contributed by atoms with van der Waals surface area (Å²) in [6.07, 6.45) is 5.95. The van der Waals surface area contributed by atoms with Crippen molar-refractivity contribution in [2.24, 2.45) is 5.73 Å². The summed E-state index contributed by atoms with van der Waals surface area (Å²) in [4.78, 5) is 4.02. The highest BCUT2D eigenvalue weighted by molar-refractivity contribution is 5.22. The van der Waals surface area contributed by atoms with Gasteiger partial charge in [-0.05, 0) is 23.6 Å².